The summed E-state index contributed by atoms with van der Waals surface area (Å²) in [6.45, 7) is 13.7. The Labute approximate surface area is 367 Å². The summed E-state index contributed by atoms with van der Waals surface area (Å²) < 4.78 is 1.59. The number of aryl methyl sites for hydroxylation is 2. The van der Waals surface area contributed by atoms with Gasteiger partial charge in [0.1, 0.15) is 0 Å². The Morgan fingerprint density at radius 2 is 0.707 bits per heavy atom. The van der Waals surface area contributed by atoms with Crippen LogP contribution in [0.25, 0.3) is 16.9 Å². The molecular formula is C55H92N2Ni. The van der Waals surface area contributed by atoms with Crippen LogP contribution in [0.2, 0.25) is 10.8 Å². The molecule has 3 rings (SSSR count). The van der Waals surface area contributed by atoms with Crippen LogP contribution in [0.3, 0.4) is 0 Å². The Kier molecular flexibility index (Phi) is 32.1. The van der Waals surface area contributed by atoms with Crippen molar-refractivity contribution in [2.24, 2.45) is 0 Å². The molecule has 0 aliphatic carbocycles. The minimum atomic E-state index is 1.02. The number of hydrogen-bond acceptors (Lipinski definition) is 0. The van der Waals surface area contributed by atoms with Gasteiger partial charge in [0.2, 0.25) is 11.4 Å². The molecule has 1 aliphatic heterocycles. The van der Waals surface area contributed by atoms with Crippen LogP contribution >= 0.6 is 0 Å². The first-order valence-corrected chi connectivity index (χ1v) is 26.5. The van der Waals surface area contributed by atoms with Crippen LogP contribution in [0.1, 0.15) is 250 Å². The number of benzene rings is 2. The average Bonchev–Trinajstić information content (AvgIpc) is 3.52. The van der Waals surface area contributed by atoms with E-state index in [-0.39, 0.29) is 0 Å². The summed E-state index contributed by atoms with van der Waals surface area (Å²) in [5, 5.41) is 2.84. The first kappa shape index (κ1) is 52.2. The van der Waals surface area contributed by atoms with Gasteiger partial charge in [-0.15, -0.1) is 0 Å². The molecule has 0 amide bonds. The van der Waals surface area contributed by atoms with Crippen molar-refractivity contribution in [2.75, 3.05) is 0 Å². The van der Waals surface area contributed by atoms with E-state index in [1.54, 1.807) is 4.70 Å². The predicted molar refractivity (Wildman–Crippen MR) is 255 cm³/mol. The van der Waals surface area contributed by atoms with Gasteiger partial charge in [0.25, 0.3) is 0 Å². The number of allylic oxidation sites excluding steroid dienone is 2. The van der Waals surface area contributed by atoms with Crippen molar-refractivity contribution < 1.29 is 19.1 Å². The molecule has 0 spiro atoms. The van der Waals surface area contributed by atoms with E-state index in [1.807, 2.05) is 14.4 Å². The molecule has 1 heterocycles. The van der Waals surface area contributed by atoms with Gasteiger partial charge in [0.15, 0.2) is 0 Å². The van der Waals surface area contributed by atoms with Gasteiger partial charge >= 0.3 is 103 Å². The van der Waals surface area contributed by atoms with Crippen LogP contribution in [0, 0.1) is 0 Å². The van der Waals surface area contributed by atoms with E-state index in [0.29, 0.717) is 0 Å². The second-order valence-corrected chi connectivity index (χ2v) is 18.7. The Morgan fingerprint density at radius 3 is 1.14 bits per heavy atom. The van der Waals surface area contributed by atoms with Crippen molar-refractivity contribution in [3.05, 3.63) is 87.5 Å². The van der Waals surface area contributed by atoms with Gasteiger partial charge in [-0.3, -0.25) is 0 Å². The third kappa shape index (κ3) is 22.0. The average molecular weight is 840 g/mol. The summed E-state index contributed by atoms with van der Waals surface area (Å²) in [5.74, 6) is 0. The van der Waals surface area contributed by atoms with Crippen molar-refractivity contribution in [1.29, 1.82) is 0 Å². The van der Waals surface area contributed by atoms with Crippen molar-refractivity contribution >= 4 is 11.4 Å². The minimum absolute atomic E-state index is 1.02. The molecule has 0 saturated heterocycles. The van der Waals surface area contributed by atoms with Crippen LogP contribution in [0.5, 0.6) is 0 Å². The zero-order valence-electron chi connectivity index (χ0n) is 39.2. The van der Waals surface area contributed by atoms with Gasteiger partial charge in [-0.1, -0.05) is 135 Å². The van der Waals surface area contributed by atoms with Crippen LogP contribution in [-0.2, 0) is 27.3 Å². The number of rotatable bonds is 35. The molecule has 0 bridgehead atoms. The molecule has 0 fully saturated rings. The van der Waals surface area contributed by atoms with E-state index in [0.717, 1.165) is 49.9 Å². The van der Waals surface area contributed by atoms with E-state index in [9.17, 15) is 5.53 Å². The third-order valence-corrected chi connectivity index (χ3v) is 13.3. The molecule has 58 heavy (non-hydrogen) atoms. The summed E-state index contributed by atoms with van der Waals surface area (Å²) in [7, 11) is 0. The zero-order chi connectivity index (χ0) is 41.9. The standard InChI is InChI=1S/C41H62N2.2C7H15.Ni/c1-5-9-13-15-17-20-25-35-27-23-28-36(33-35)40-38(30-12-8-4)39(31-21-18-16-14-10-6-2)41(43(40)42)37-29-22-26-34(32-37)24-19-11-7-3;2*1-3-5-7-6-4-2;/h22-23,26-29,32-33H,5-21,24-25,30-31H2,1-4H3;2*1,3-7H2,2H3;. The first-order chi connectivity index (χ1) is 28.6. The molecular weight excluding hydrogens is 747 g/mol. The van der Waals surface area contributed by atoms with Crippen LogP contribution < -0.4 is 0 Å². The van der Waals surface area contributed by atoms with Crippen molar-refractivity contribution in [3.8, 4) is 0 Å². The predicted octanol–water partition coefficient (Wildman–Crippen LogP) is 19.3. The van der Waals surface area contributed by atoms with E-state index in [1.165, 1.54) is 205 Å². The molecule has 332 valence electrons. The second kappa shape index (κ2) is 35.7. The summed E-state index contributed by atoms with van der Waals surface area (Å²) in [6, 6.07) is 18.1. The molecule has 0 aromatic heterocycles. The molecule has 3 heteroatoms. The Bertz CT molecular complexity index is 1370. The molecule has 2 aromatic rings. The van der Waals surface area contributed by atoms with Crippen LogP contribution in [0.4, 0.5) is 0 Å². The van der Waals surface area contributed by atoms with Crippen LogP contribution in [0.15, 0.2) is 59.7 Å². The molecule has 0 unspecified atom stereocenters. The third-order valence-electron chi connectivity index (χ3n) is 11.9. The van der Waals surface area contributed by atoms with Gasteiger partial charge in [-0.2, -0.15) is 0 Å². The SMILES string of the molecule is CCCCCCCCC1=C(c2cccc(CCCCC)c2)[N+](=[N-])C(c2cccc(CCCCCCCC)c2)=C1CCCC.CCCCCC[CH2][Ni][CH2]CCCCCC. The normalized spacial score (nSPS) is 12.9. The summed E-state index contributed by atoms with van der Waals surface area (Å²) in [4.78, 5) is 0. The zero-order valence-corrected chi connectivity index (χ0v) is 40.2. The van der Waals surface area contributed by atoms with E-state index >= 15 is 0 Å². The molecule has 2 aromatic carbocycles. The maximum atomic E-state index is 12.1. The molecule has 0 radical (unpaired) electrons. The van der Waals surface area contributed by atoms with Crippen molar-refractivity contribution in [1.82, 2.24) is 0 Å². The van der Waals surface area contributed by atoms with E-state index in [4.69, 9.17) is 0 Å². The molecule has 0 N–H and O–H groups in total. The Morgan fingerprint density at radius 1 is 0.379 bits per heavy atom. The van der Waals surface area contributed by atoms with E-state index < -0.39 is 0 Å². The van der Waals surface area contributed by atoms with Crippen molar-refractivity contribution in [3.63, 3.8) is 0 Å². The Balaban J connectivity index is 0.000000654. The van der Waals surface area contributed by atoms with Gasteiger partial charge in [0, 0.05) is 22.3 Å². The van der Waals surface area contributed by atoms with E-state index in [2.05, 4.69) is 90.1 Å². The second-order valence-electron chi connectivity index (χ2n) is 17.3. The van der Waals surface area contributed by atoms with Crippen molar-refractivity contribution in [2.45, 2.75) is 251 Å². The van der Waals surface area contributed by atoms with Gasteiger partial charge < -0.3 is 5.53 Å². The first-order valence-electron chi connectivity index (χ1n) is 25.1. The number of hydrogen-bond donors (Lipinski definition) is 0. The fraction of sp³-hybridized carbons (Fsp3) is 0.709. The molecule has 0 atom stereocenters. The summed E-state index contributed by atoms with van der Waals surface area (Å²) >= 11 is 2.00. The van der Waals surface area contributed by atoms with Crippen LogP contribution in [-0.4, -0.2) is 4.70 Å². The number of nitrogens with zero attached hydrogens (tertiary/aromatic N) is 2. The molecule has 2 nitrogen and oxygen atoms in total. The molecule has 0 saturated carbocycles. The topological polar surface area (TPSA) is 25.3 Å². The number of unbranched alkanes of at least 4 members (excludes halogenated alkanes) is 21. The van der Waals surface area contributed by atoms with Gasteiger partial charge in [0.05, 0.1) is 0 Å². The fourth-order valence-electron chi connectivity index (χ4n) is 8.26. The summed E-state index contributed by atoms with van der Waals surface area (Å²) in [6.07, 6.45) is 40.3. The van der Waals surface area contributed by atoms with Gasteiger partial charge in [-0.25, -0.2) is 4.70 Å². The fourth-order valence-corrected chi connectivity index (χ4v) is 9.49. The maximum absolute atomic E-state index is 12.1. The Hall–Kier alpha value is -1.99. The van der Waals surface area contributed by atoms with Gasteiger partial charge in [-0.05, 0) is 86.8 Å². The quantitative estimate of drug-likeness (QED) is 0.0375. The monoisotopic (exact) mass is 839 g/mol. The summed E-state index contributed by atoms with van der Waals surface area (Å²) in [5.41, 5.74) is 22.0. The molecule has 1 aliphatic rings.